The summed E-state index contributed by atoms with van der Waals surface area (Å²) >= 11 is 1.93. The lowest BCUT2D eigenvalue weighted by Gasteiger charge is -2.44. The molecule has 0 fully saturated rings. The third-order valence-electron chi connectivity index (χ3n) is 12.5. The van der Waals surface area contributed by atoms with Crippen molar-refractivity contribution >= 4 is 78.0 Å². The molecule has 5 aromatic carbocycles. The van der Waals surface area contributed by atoms with Crippen LogP contribution >= 0.6 is 11.3 Å². The molecule has 0 saturated heterocycles. The first-order chi connectivity index (χ1) is 26.8. The molecule has 4 heterocycles. The Labute approximate surface area is 344 Å². The zero-order valence-electron chi connectivity index (χ0n) is 36.2. The van der Waals surface area contributed by atoms with Crippen molar-refractivity contribution in [1.29, 1.82) is 0 Å². The minimum absolute atomic E-state index is 0.00942. The van der Waals surface area contributed by atoms with Gasteiger partial charge in [0, 0.05) is 33.0 Å². The normalized spacial score (nSPS) is 14.9. The monoisotopic (exact) mass is 772 g/mol. The van der Waals surface area contributed by atoms with Crippen LogP contribution in [0.25, 0.3) is 10.1 Å². The van der Waals surface area contributed by atoms with E-state index in [1.54, 1.807) is 0 Å². The molecule has 0 saturated carbocycles. The van der Waals surface area contributed by atoms with Crippen LogP contribution in [0, 0.1) is 13.8 Å². The Morgan fingerprint density at radius 3 is 1.88 bits per heavy atom. The van der Waals surface area contributed by atoms with Gasteiger partial charge < -0.3 is 19.3 Å². The van der Waals surface area contributed by atoms with E-state index < -0.39 is 0 Å². The van der Waals surface area contributed by atoms with E-state index in [0.29, 0.717) is 19.1 Å². The number of ether oxygens (including phenoxy) is 2. The average molecular weight is 773 g/mol. The summed E-state index contributed by atoms with van der Waals surface area (Å²) in [5.74, 6) is 2.02. The van der Waals surface area contributed by atoms with Crippen LogP contribution in [-0.4, -0.2) is 19.9 Å². The third-order valence-corrected chi connectivity index (χ3v) is 13.7. The first-order valence-electron chi connectivity index (χ1n) is 20.8. The Morgan fingerprint density at radius 1 is 0.632 bits per heavy atom. The third kappa shape index (κ3) is 5.99. The lowest BCUT2D eigenvalue weighted by molar-refractivity contribution is 0.170. The maximum Gasteiger partial charge on any atom is 0.254 e. The highest BCUT2D eigenvalue weighted by Crippen LogP contribution is 2.53. The van der Waals surface area contributed by atoms with E-state index in [0.717, 1.165) is 17.1 Å². The van der Waals surface area contributed by atoms with Crippen molar-refractivity contribution in [2.24, 2.45) is 0 Å². The van der Waals surface area contributed by atoms with Gasteiger partial charge in [0.2, 0.25) is 0 Å². The Kier molecular flexibility index (Phi) is 8.58. The second-order valence-corrected chi connectivity index (χ2v) is 21.1. The van der Waals surface area contributed by atoms with Crippen LogP contribution in [0.4, 0.5) is 33.4 Å². The molecule has 0 N–H and O–H groups in total. The second kappa shape index (κ2) is 12.9. The number of anilines is 6. The van der Waals surface area contributed by atoms with Gasteiger partial charge in [0.25, 0.3) is 6.71 Å². The summed E-state index contributed by atoms with van der Waals surface area (Å²) in [5, 5.41) is 2.64. The maximum atomic E-state index is 6.41. The molecule has 292 valence electrons. The molecule has 9 rings (SSSR count). The summed E-state index contributed by atoms with van der Waals surface area (Å²) in [5.41, 5.74) is 18.0. The molecule has 4 nitrogen and oxygen atoms in total. The molecule has 1 aromatic heterocycles. The van der Waals surface area contributed by atoms with E-state index in [1.165, 1.54) is 87.7 Å². The highest BCUT2D eigenvalue weighted by molar-refractivity contribution is 7.26. The number of hydrogen-bond donors (Lipinski definition) is 0. The fraction of sp³-hybridized carbons (Fsp3) is 0.373. The fourth-order valence-corrected chi connectivity index (χ4v) is 10.5. The summed E-state index contributed by atoms with van der Waals surface area (Å²) in [7, 11) is 0. The van der Waals surface area contributed by atoms with Crippen molar-refractivity contribution in [3.63, 3.8) is 0 Å². The Bertz CT molecular complexity index is 2600. The average Bonchev–Trinajstić information content (AvgIpc) is 3.53. The van der Waals surface area contributed by atoms with Gasteiger partial charge in [0.15, 0.2) is 11.5 Å². The minimum Gasteiger partial charge on any atom is -0.486 e. The van der Waals surface area contributed by atoms with Crippen LogP contribution in [0.15, 0.2) is 78.9 Å². The summed E-state index contributed by atoms with van der Waals surface area (Å²) in [6.45, 7) is 31.2. The summed E-state index contributed by atoms with van der Waals surface area (Å²) in [4.78, 5) is 5.18. The fourth-order valence-electron chi connectivity index (χ4n) is 9.26. The van der Waals surface area contributed by atoms with Crippen LogP contribution in [-0.2, 0) is 16.2 Å². The maximum absolute atomic E-state index is 6.41. The van der Waals surface area contributed by atoms with Gasteiger partial charge >= 0.3 is 0 Å². The molecule has 3 aliphatic heterocycles. The van der Waals surface area contributed by atoms with Crippen LogP contribution in [0.3, 0.4) is 0 Å². The predicted octanol–water partition coefficient (Wildman–Crippen LogP) is 12.4. The van der Waals surface area contributed by atoms with Crippen molar-refractivity contribution in [2.75, 3.05) is 23.0 Å². The van der Waals surface area contributed by atoms with Gasteiger partial charge in [-0.05, 0) is 128 Å². The number of aryl methyl sites for hydroxylation is 1. The number of hydrogen-bond acceptors (Lipinski definition) is 5. The lowest BCUT2D eigenvalue weighted by atomic mass is 9.33. The molecular formula is C51H57BN2O2S. The van der Waals surface area contributed by atoms with Gasteiger partial charge in [-0.15, -0.1) is 11.3 Å². The number of fused-ring (bicyclic) bond motifs is 7. The van der Waals surface area contributed by atoms with Gasteiger partial charge in [0.1, 0.15) is 13.2 Å². The van der Waals surface area contributed by atoms with Crippen LogP contribution in [0.2, 0.25) is 0 Å². The molecule has 6 heteroatoms. The highest BCUT2D eigenvalue weighted by Gasteiger charge is 2.47. The topological polar surface area (TPSA) is 24.9 Å². The smallest absolute Gasteiger partial charge is 0.254 e. The van der Waals surface area contributed by atoms with E-state index in [-0.39, 0.29) is 23.0 Å². The molecule has 0 radical (unpaired) electrons. The summed E-state index contributed by atoms with van der Waals surface area (Å²) in [6.07, 6.45) is 0. The first kappa shape index (κ1) is 37.9. The highest BCUT2D eigenvalue weighted by atomic mass is 32.1. The molecule has 0 amide bonds. The zero-order valence-corrected chi connectivity index (χ0v) is 37.0. The van der Waals surface area contributed by atoms with Crippen molar-refractivity contribution < 1.29 is 9.47 Å². The van der Waals surface area contributed by atoms with Crippen molar-refractivity contribution in [1.82, 2.24) is 0 Å². The minimum atomic E-state index is -0.0160. The molecule has 0 atom stereocenters. The Morgan fingerprint density at radius 2 is 1.23 bits per heavy atom. The number of rotatable bonds is 3. The zero-order chi connectivity index (χ0) is 40.5. The van der Waals surface area contributed by atoms with Crippen LogP contribution in [0.5, 0.6) is 11.5 Å². The van der Waals surface area contributed by atoms with Crippen LogP contribution < -0.4 is 35.7 Å². The second-order valence-electron chi connectivity index (χ2n) is 20.0. The Balaban J connectivity index is 1.44. The molecule has 0 spiro atoms. The van der Waals surface area contributed by atoms with E-state index in [1.807, 2.05) is 11.3 Å². The first-order valence-corrected chi connectivity index (χ1v) is 21.6. The predicted molar refractivity (Wildman–Crippen MR) is 246 cm³/mol. The Hall–Kier alpha value is -4.68. The number of nitrogens with zero attached hydrogens (tertiary/aromatic N) is 2. The molecule has 0 aliphatic carbocycles. The van der Waals surface area contributed by atoms with Gasteiger partial charge in [-0.25, -0.2) is 0 Å². The van der Waals surface area contributed by atoms with Gasteiger partial charge in [-0.2, -0.15) is 0 Å². The molecule has 6 aromatic rings. The van der Waals surface area contributed by atoms with E-state index in [2.05, 4.69) is 179 Å². The molecule has 57 heavy (non-hydrogen) atoms. The molecule has 3 aliphatic rings. The lowest BCUT2D eigenvalue weighted by Crippen LogP contribution is -2.61. The quantitative estimate of drug-likeness (QED) is 0.167. The molecule has 0 unspecified atom stereocenters. The largest absolute Gasteiger partial charge is 0.486 e. The van der Waals surface area contributed by atoms with Gasteiger partial charge in [-0.1, -0.05) is 113 Å². The molecular weight excluding hydrogens is 715 g/mol. The SMILES string of the molecule is Cc1cc2c(c(C)c1N1c3cc(C(C)C)cc4c3B(c3cc(C(C)(C)C)ccc3N4c3ccc(C(C)(C)C)cc3)c3c1sc1ccc(C(C)(C)C)cc31)OCCO2. The van der Waals surface area contributed by atoms with Gasteiger partial charge in [0.05, 0.1) is 10.7 Å². The van der Waals surface area contributed by atoms with Crippen molar-refractivity contribution in [3.05, 3.63) is 112 Å². The van der Waals surface area contributed by atoms with E-state index in [9.17, 15) is 0 Å². The van der Waals surface area contributed by atoms with Gasteiger partial charge in [-0.3, -0.25) is 0 Å². The standard InChI is InChI=1S/C51H57BN2O2S/c1-29(2)32-25-40-45-41(26-32)54(46-30(3)24-42-47(31(46)4)56-23-22-55-42)48-44(37-27-34(50(8,9)10)17-21-43(37)57-48)52(45)38-28-35(51(11,12)13)16-20-39(38)53(40)36-18-14-33(15-19-36)49(5,6)7/h14-21,24-29H,22-23H2,1-13H3. The summed E-state index contributed by atoms with van der Waals surface area (Å²) < 4.78 is 13.9. The number of benzene rings is 5. The summed E-state index contributed by atoms with van der Waals surface area (Å²) in [6, 6.07) is 31.1. The van der Waals surface area contributed by atoms with Crippen molar-refractivity contribution in [3.8, 4) is 11.5 Å². The van der Waals surface area contributed by atoms with Crippen molar-refractivity contribution in [2.45, 2.75) is 112 Å². The van der Waals surface area contributed by atoms with E-state index in [4.69, 9.17) is 9.47 Å². The molecule has 0 bridgehead atoms. The van der Waals surface area contributed by atoms with Crippen LogP contribution in [0.1, 0.15) is 115 Å². The number of thiophene rings is 1. The van der Waals surface area contributed by atoms with E-state index >= 15 is 0 Å².